The molecule has 0 spiro atoms. The van der Waals surface area contributed by atoms with Gasteiger partial charge in [-0.1, -0.05) is 13.0 Å². The highest BCUT2D eigenvalue weighted by Gasteiger charge is 2.41. The molecule has 2 aliphatic rings. The summed E-state index contributed by atoms with van der Waals surface area (Å²) in [6, 6.07) is 3.84. The Morgan fingerprint density at radius 3 is 2.86 bits per heavy atom. The van der Waals surface area contributed by atoms with E-state index in [2.05, 4.69) is 5.32 Å². The first kappa shape index (κ1) is 15.0. The van der Waals surface area contributed by atoms with E-state index in [-0.39, 0.29) is 35.5 Å². The van der Waals surface area contributed by atoms with E-state index in [1.165, 1.54) is 0 Å². The van der Waals surface area contributed by atoms with E-state index in [9.17, 15) is 13.2 Å². The van der Waals surface area contributed by atoms with Gasteiger partial charge in [-0.3, -0.25) is 10.1 Å². The number of nitrogens with one attached hydrogen (secondary N) is 1. The largest absolute Gasteiger partial charge is 0.320 e. The number of nitrogens with zero attached hydrogens (tertiary/aromatic N) is 1. The van der Waals surface area contributed by atoms with Gasteiger partial charge in [0.1, 0.15) is 6.17 Å². The summed E-state index contributed by atoms with van der Waals surface area (Å²) in [5.41, 5.74) is 0. The van der Waals surface area contributed by atoms with Gasteiger partial charge in [0.05, 0.1) is 17.5 Å². The molecule has 1 amide bonds. The molecule has 0 saturated carbocycles. The van der Waals surface area contributed by atoms with Gasteiger partial charge in [0.15, 0.2) is 9.84 Å². The highest BCUT2D eigenvalue weighted by Crippen LogP contribution is 2.32. The van der Waals surface area contributed by atoms with Crippen LogP contribution in [0.3, 0.4) is 0 Å². The fraction of sp³-hybridized carbons (Fsp3) is 0.643. The van der Waals surface area contributed by atoms with Crippen LogP contribution in [0.15, 0.2) is 17.5 Å². The van der Waals surface area contributed by atoms with Crippen LogP contribution >= 0.6 is 11.3 Å². The van der Waals surface area contributed by atoms with E-state index in [0.717, 1.165) is 11.3 Å². The molecule has 0 aromatic carbocycles. The van der Waals surface area contributed by atoms with E-state index in [1.54, 1.807) is 11.3 Å². The van der Waals surface area contributed by atoms with Crippen LogP contribution < -0.4 is 5.32 Å². The van der Waals surface area contributed by atoms with Crippen LogP contribution in [-0.4, -0.2) is 43.3 Å². The summed E-state index contributed by atoms with van der Waals surface area (Å²) in [5.74, 6) is 0.637. The second-order valence-corrected chi connectivity index (χ2v) is 9.01. The maximum atomic E-state index is 12.5. The Labute approximate surface area is 129 Å². The van der Waals surface area contributed by atoms with Crippen molar-refractivity contribution in [1.82, 2.24) is 10.2 Å². The summed E-state index contributed by atoms with van der Waals surface area (Å²) in [4.78, 5) is 15.5. The SMILES string of the molecule is CCC1NC(c2cccs2)N(CC2CCS(=O)(=O)C2)C1=O. The number of thiophene rings is 1. The molecular formula is C14H20N2O3S2. The van der Waals surface area contributed by atoms with Crippen molar-refractivity contribution in [3.8, 4) is 0 Å². The van der Waals surface area contributed by atoms with Crippen LogP contribution in [0.2, 0.25) is 0 Å². The molecule has 2 aliphatic heterocycles. The number of hydrogen-bond acceptors (Lipinski definition) is 5. The lowest BCUT2D eigenvalue weighted by atomic mass is 10.1. The topological polar surface area (TPSA) is 66.5 Å². The van der Waals surface area contributed by atoms with Gasteiger partial charge >= 0.3 is 0 Å². The van der Waals surface area contributed by atoms with Gasteiger partial charge < -0.3 is 4.90 Å². The molecule has 116 valence electrons. The van der Waals surface area contributed by atoms with Crippen molar-refractivity contribution in [3.63, 3.8) is 0 Å². The number of hydrogen-bond donors (Lipinski definition) is 1. The third-order valence-corrected chi connectivity index (χ3v) is 7.02. The second kappa shape index (κ2) is 5.70. The molecule has 1 aromatic heterocycles. The van der Waals surface area contributed by atoms with Gasteiger partial charge in [-0.25, -0.2) is 8.42 Å². The van der Waals surface area contributed by atoms with Gasteiger partial charge in [0.25, 0.3) is 0 Å². The Balaban J connectivity index is 1.78. The van der Waals surface area contributed by atoms with Crippen molar-refractivity contribution in [2.75, 3.05) is 18.1 Å². The quantitative estimate of drug-likeness (QED) is 0.907. The Hall–Kier alpha value is -0.920. The van der Waals surface area contributed by atoms with Gasteiger partial charge in [0.2, 0.25) is 5.91 Å². The molecule has 3 rings (SSSR count). The fourth-order valence-corrected chi connectivity index (χ4v) is 5.79. The van der Waals surface area contributed by atoms with Crippen molar-refractivity contribution in [1.29, 1.82) is 0 Å². The summed E-state index contributed by atoms with van der Waals surface area (Å²) < 4.78 is 23.2. The van der Waals surface area contributed by atoms with Gasteiger partial charge in [-0.05, 0) is 30.2 Å². The molecule has 1 N–H and O–H groups in total. The van der Waals surface area contributed by atoms with Crippen molar-refractivity contribution in [2.24, 2.45) is 5.92 Å². The van der Waals surface area contributed by atoms with Gasteiger partial charge in [0, 0.05) is 11.4 Å². The predicted molar refractivity (Wildman–Crippen MR) is 82.7 cm³/mol. The van der Waals surface area contributed by atoms with E-state index >= 15 is 0 Å². The van der Waals surface area contributed by atoms with E-state index < -0.39 is 9.84 Å². The molecule has 3 heterocycles. The molecular weight excluding hydrogens is 308 g/mol. The maximum Gasteiger partial charge on any atom is 0.241 e. The summed E-state index contributed by atoms with van der Waals surface area (Å²) in [6.07, 6.45) is 1.31. The Morgan fingerprint density at radius 1 is 1.48 bits per heavy atom. The Kier molecular flexibility index (Phi) is 4.07. The average Bonchev–Trinajstić information content (AvgIpc) is 3.12. The van der Waals surface area contributed by atoms with Crippen LogP contribution in [0.1, 0.15) is 30.8 Å². The molecule has 5 nitrogen and oxygen atoms in total. The molecule has 21 heavy (non-hydrogen) atoms. The summed E-state index contributed by atoms with van der Waals surface area (Å²) in [6.45, 7) is 2.52. The minimum Gasteiger partial charge on any atom is -0.320 e. The molecule has 0 bridgehead atoms. The number of carbonyl (C=O) groups is 1. The lowest BCUT2D eigenvalue weighted by molar-refractivity contribution is -0.130. The molecule has 7 heteroatoms. The smallest absolute Gasteiger partial charge is 0.241 e. The third kappa shape index (κ3) is 3.00. The van der Waals surface area contributed by atoms with E-state index in [4.69, 9.17) is 0 Å². The first-order valence-corrected chi connectivity index (χ1v) is 10.0. The lowest BCUT2D eigenvalue weighted by Crippen LogP contribution is -2.35. The third-order valence-electron chi connectivity index (χ3n) is 4.25. The van der Waals surface area contributed by atoms with Gasteiger partial charge in [-0.2, -0.15) is 0 Å². The molecule has 1 aromatic rings. The van der Waals surface area contributed by atoms with Crippen molar-refractivity contribution in [3.05, 3.63) is 22.4 Å². The maximum absolute atomic E-state index is 12.5. The zero-order chi connectivity index (χ0) is 15.0. The molecule has 2 fully saturated rings. The zero-order valence-corrected chi connectivity index (χ0v) is 13.6. The average molecular weight is 328 g/mol. The van der Waals surface area contributed by atoms with Crippen LogP contribution in [0.4, 0.5) is 0 Å². The van der Waals surface area contributed by atoms with Gasteiger partial charge in [-0.15, -0.1) is 11.3 Å². The lowest BCUT2D eigenvalue weighted by Gasteiger charge is -2.25. The monoisotopic (exact) mass is 328 g/mol. The van der Waals surface area contributed by atoms with E-state index in [0.29, 0.717) is 13.0 Å². The minimum absolute atomic E-state index is 0.0684. The molecule has 3 unspecified atom stereocenters. The van der Waals surface area contributed by atoms with Crippen LogP contribution in [0.5, 0.6) is 0 Å². The fourth-order valence-electron chi connectivity index (χ4n) is 3.14. The predicted octanol–water partition coefficient (Wildman–Crippen LogP) is 1.39. The molecule has 0 radical (unpaired) electrons. The van der Waals surface area contributed by atoms with Crippen molar-refractivity contribution >= 4 is 27.1 Å². The first-order valence-electron chi connectivity index (χ1n) is 7.30. The molecule has 0 aliphatic carbocycles. The number of rotatable bonds is 4. The van der Waals surface area contributed by atoms with Crippen LogP contribution in [-0.2, 0) is 14.6 Å². The Bertz CT molecular complexity index is 612. The Morgan fingerprint density at radius 2 is 2.29 bits per heavy atom. The van der Waals surface area contributed by atoms with E-state index in [1.807, 2.05) is 29.3 Å². The first-order chi connectivity index (χ1) is 10.00. The molecule has 2 saturated heterocycles. The zero-order valence-electron chi connectivity index (χ0n) is 12.0. The minimum atomic E-state index is -2.90. The van der Waals surface area contributed by atoms with Crippen LogP contribution in [0, 0.1) is 5.92 Å². The number of amides is 1. The summed E-state index contributed by atoms with van der Waals surface area (Å²) in [5, 5.41) is 5.37. The van der Waals surface area contributed by atoms with Crippen LogP contribution in [0.25, 0.3) is 0 Å². The summed E-state index contributed by atoms with van der Waals surface area (Å²) >= 11 is 1.62. The molecule has 3 atom stereocenters. The number of carbonyl (C=O) groups excluding carboxylic acids is 1. The van der Waals surface area contributed by atoms with Crippen molar-refractivity contribution in [2.45, 2.75) is 32.0 Å². The normalized spacial score (nSPS) is 32.0. The number of sulfone groups is 1. The standard InChI is InChI=1S/C14H20N2O3S2/c1-2-11-14(17)16(8-10-5-7-21(18,19)9-10)13(15-11)12-4-3-6-20-12/h3-4,6,10-11,13,15H,2,5,7-9H2,1H3. The highest BCUT2D eigenvalue weighted by molar-refractivity contribution is 7.91. The van der Waals surface area contributed by atoms with Crippen molar-refractivity contribution < 1.29 is 13.2 Å². The second-order valence-electron chi connectivity index (χ2n) is 5.81. The highest BCUT2D eigenvalue weighted by atomic mass is 32.2. The summed E-state index contributed by atoms with van der Waals surface area (Å²) in [7, 11) is -2.90.